The molecule has 1 aromatic heterocycles. The van der Waals surface area contributed by atoms with Crippen LogP contribution in [0.5, 0.6) is 0 Å². The maximum absolute atomic E-state index is 13.0. The van der Waals surface area contributed by atoms with Gasteiger partial charge in [0.1, 0.15) is 5.92 Å². The highest BCUT2D eigenvalue weighted by Crippen LogP contribution is 2.47. The van der Waals surface area contributed by atoms with E-state index < -0.39 is 5.92 Å². The number of aromatic nitrogens is 1. The summed E-state index contributed by atoms with van der Waals surface area (Å²) in [6.07, 6.45) is 5.39. The van der Waals surface area contributed by atoms with E-state index in [0.717, 1.165) is 24.1 Å². The van der Waals surface area contributed by atoms with Gasteiger partial charge in [0.15, 0.2) is 5.78 Å². The first kappa shape index (κ1) is 18.5. The Labute approximate surface area is 154 Å². The van der Waals surface area contributed by atoms with E-state index in [0.29, 0.717) is 24.3 Å². The van der Waals surface area contributed by atoms with Gasteiger partial charge < -0.3 is 4.74 Å². The normalized spacial score (nSPS) is 24.8. The van der Waals surface area contributed by atoms with Crippen LogP contribution in [0.2, 0.25) is 0 Å². The van der Waals surface area contributed by atoms with Crippen molar-refractivity contribution in [3.63, 3.8) is 0 Å². The molecule has 5 nitrogen and oxygen atoms in total. The topological polar surface area (TPSA) is 68.6 Å². The van der Waals surface area contributed by atoms with Crippen LogP contribution in [0.3, 0.4) is 0 Å². The second-order valence-corrected chi connectivity index (χ2v) is 7.96. The van der Waals surface area contributed by atoms with Gasteiger partial charge in [0.2, 0.25) is 0 Å². The first-order valence-corrected chi connectivity index (χ1v) is 9.22. The summed E-state index contributed by atoms with van der Waals surface area (Å²) in [5.74, 6) is -1.18. The van der Waals surface area contributed by atoms with Crippen molar-refractivity contribution in [2.45, 2.75) is 52.9 Å². The minimum Gasteiger partial charge on any atom is -0.465 e. The molecule has 0 fully saturated rings. The first-order chi connectivity index (χ1) is 12.3. The lowest BCUT2D eigenvalue weighted by molar-refractivity contribution is -0.146. The van der Waals surface area contributed by atoms with E-state index in [1.165, 1.54) is 0 Å². The number of pyridine rings is 1. The van der Waals surface area contributed by atoms with Crippen LogP contribution in [0.4, 0.5) is 0 Å². The van der Waals surface area contributed by atoms with Crippen LogP contribution in [0.15, 0.2) is 40.8 Å². The number of hydrogen-bond acceptors (Lipinski definition) is 5. The molecule has 0 aromatic carbocycles. The van der Waals surface area contributed by atoms with Crippen molar-refractivity contribution in [1.82, 2.24) is 4.98 Å². The lowest BCUT2D eigenvalue weighted by Gasteiger charge is -2.38. The number of ketones is 1. The Morgan fingerprint density at radius 1 is 1.35 bits per heavy atom. The number of allylic oxidation sites excluding steroid dienone is 2. The molecule has 26 heavy (non-hydrogen) atoms. The first-order valence-electron chi connectivity index (χ1n) is 9.22. The second kappa shape index (κ2) is 7.14. The predicted octanol–water partition coefficient (Wildman–Crippen LogP) is 3.85. The molecule has 1 aromatic rings. The summed E-state index contributed by atoms with van der Waals surface area (Å²) in [4.78, 5) is 34.7. The van der Waals surface area contributed by atoms with Crippen LogP contribution in [0, 0.1) is 11.3 Å². The van der Waals surface area contributed by atoms with Crippen LogP contribution in [-0.2, 0) is 14.3 Å². The summed E-state index contributed by atoms with van der Waals surface area (Å²) < 4.78 is 5.43. The molecule has 3 rings (SSSR count). The molecule has 2 unspecified atom stereocenters. The van der Waals surface area contributed by atoms with E-state index in [2.05, 4.69) is 18.8 Å². The number of rotatable bonds is 4. The highest BCUT2D eigenvalue weighted by Gasteiger charge is 2.46. The van der Waals surface area contributed by atoms with E-state index in [4.69, 9.17) is 9.73 Å². The highest BCUT2D eigenvalue weighted by molar-refractivity contribution is 6.09. The standard InChI is InChI=1S/C21H26N2O3/c1-5-9-26-20(25)17-13(2)23-15-10-21(3,4)11-16(24)19(15)18(17)14-7-6-8-22-12-14/h6-8,12,17-18H,5,9-11H2,1-4H3. The number of hydrogen-bond donors (Lipinski definition) is 0. The number of esters is 1. The highest BCUT2D eigenvalue weighted by atomic mass is 16.5. The Bertz CT molecular complexity index is 778. The Hall–Kier alpha value is -2.30. The molecule has 1 aliphatic heterocycles. The van der Waals surface area contributed by atoms with Gasteiger partial charge in [-0.15, -0.1) is 0 Å². The van der Waals surface area contributed by atoms with Gasteiger partial charge in [0, 0.05) is 41.7 Å². The van der Waals surface area contributed by atoms with Gasteiger partial charge in [-0.25, -0.2) is 0 Å². The molecule has 0 amide bonds. The molecule has 2 aliphatic rings. The van der Waals surface area contributed by atoms with E-state index in [-0.39, 0.29) is 23.1 Å². The largest absolute Gasteiger partial charge is 0.465 e. The predicted molar refractivity (Wildman–Crippen MR) is 99.9 cm³/mol. The lowest BCUT2D eigenvalue weighted by Crippen LogP contribution is -2.39. The number of carbonyl (C=O) groups excluding carboxylic acids is 2. The van der Waals surface area contributed by atoms with Crippen LogP contribution in [-0.4, -0.2) is 29.1 Å². The maximum atomic E-state index is 13.0. The third kappa shape index (κ3) is 3.48. The quantitative estimate of drug-likeness (QED) is 0.770. The summed E-state index contributed by atoms with van der Waals surface area (Å²) in [6, 6.07) is 3.76. The molecule has 0 bridgehead atoms. The summed E-state index contributed by atoms with van der Waals surface area (Å²) >= 11 is 0. The molecule has 2 atom stereocenters. The van der Waals surface area contributed by atoms with Crippen molar-refractivity contribution < 1.29 is 14.3 Å². The van der Waals surface area contributed by atoms with Crippen LogP contribution >= 0.6 is 0 Å². The van der Waals surface area contributed by atoms with Gasteiger partial charge >= 0.3 is 5.97 Å². The van der Waals surface area contributed by atoms with Crippen LogP contribution in [0.1, 0.15) is 58.4 Å². The maximum Gasteiger partial charge on any atom is 0.315 e. The number of Topliss-reactive ketones (excluding diaryl/α,β-unsaturated/α-hetero) is 1. The van der Waals surface area contributed by atoms with Crippen molar-refractivity contribution in [2.75, 3.05) is 6.61 Å². The van der Waals surface area contributed by atoms with Gasteiger partial charge in [-0.05, 0) is 36.8 Å². The number of aliphatic imine (C=N–C) groups is 1. The molecule has 0 radical (unpaired) electrons. The van der Waals surface area contributed by atoms with Gasteiger partial charge in [0.25, 0.3) is 0 Å². The summed E-state index contributed by atoms with van der Waals surface area (Å²) in [7, 11) is 0. The van der Waals surface area contributed by atoms with Crippen molar-refractivity contribution in [3.05, 3.63) is 41.4 Å². The van der Waals surface area contributed by atoms with Crippen molar-refractivity contribution >= 4 is 17.5 Å². The molecule has 0 spiro atoms. The number of nitrogens with zero attached hydrogens (tertiary/aromatic N) is 2. The second-order valence-electron chi connectivity index (χ2n) is 7.96. The minimum atomic E-state index is -0.574. The fourth-order valence-electron chi connectivity index (χ4n) is 3.96. The van der Waals surface area contributed by atoms with E-state index >= 15 is 0 Å². The average molecular weight is 354 g/mol. The average Bonchev–Trinajstić information content (AvgIpc) is 2.58. The SMILES string of the molecule is CCCOC(=O)C1C(C)=NC2=C(C(=O)CC(C)(C)C2)C1c1cccnc1. The number of carbonyl (C=O) groups is 2. The van der Waals surface area contributed by atoms with Crippen LogP contribution < -0.4 is 0 Å². The molecular formula is C21H26N2O3. The van der Waals surface area contributed by atoms with Crippen LogP contribution in [0.25, 0.3) is 0 Å². The molecule has 0 saturated heterocycles. The Morgan fingerprint density at radius 3 is 2.77 bits per heavy atom. The zero-order chi connectivity index (χ0) is 18.9. The van der Waals surface area contributed by atoms with E-state index in [1.54, 1.807) is 12.4 Å². The smallest absolute Gasteiger partial charge is 0.315 e. The fraction of sp³-hybridized carbons (Fsp3) is 0.524. The van der Waals surface area contributed by atoms with Gasteiger partial charge in [0.05, 0.1) is 6.61 Å². The van der Waals surface area contributed by atoms with Crippen molar-refractivity contribution in [3.8, 4) is 0 Å². The van der Waals surface area contributed by atoms with E-state index in [9.17, 15) is 9.59 Å². The van der Waals surface area contributed by atoms with Crippen molar-refractivity contribution in [1.29, 1.82) is 0 Å². The Balaban J connectivity index is 2.11. The zero-order valence-electron chi connectivity index (χ0n) is 15.9. The van der Waals surface area contributed by atoms with Gasteiger partial charge in [-0.3, -0.25) is 19.6 Å². The van der Waals surface area contributed by atoms with Gasteiger partial charge in [-0.1, -0.05) is 26.8 Å². The molecule has 0 saturated carbocycles. The summed E-state index contributed by atoms with van der Waals surface area (Å²) in [5, 5.41) is 0. The lowest BCUT2D eigenvalue weighted by atomic mass is 9.67. The summed E-state index contributed by atoms with van der Waals surface area (Å²) in [6.45, 7) is 8.36. The molecule has 0 N–H and O–H groups in total. The molecular weight excluding hydrogens is 328 g/mol. The fourth-order valence-corrected chi connectivity index (χ4v) is 3.96. The molecule has 138 valence electrons. The monoisotopic (exact) mass is 354 g/mol. The minimum absolute atomic E-state index is 0.0784. The third-order valence-corrected chi connectivity index (χ3v) is 5.05. The van der Waals surface area contributed by atoms with Gasteiger partial charge in [-0.2, -0.15) is 0 Å². The molecule has 5 heteroatoms. The molecule has 1 aliphatic carbocycles. The Morgan fingerprint density at radius 2 is 2.12 bits per heavy atom. The third-order valence-electron chi connectivity index (χ3n) is 5.05. The number of ether oxygens (including phenoxy) is 1. The molecule has 2 heterocycles. The van der Waals surface area contributed by atoms with Crippen molar-refractivity contribution in [2.24, 2.45) is 16.3 Å². The Kier molecular flexibility index (Phi) is 5.08. The summed E-state index contributed by atoms with van der Waals surface area (Å²) in [5.41, 5.74) is 2.94. The zero-order valence-corrected chi connectivity index (χ0v) is 15.9. The van der Waals surface area contributed by atoms with E-state index in [1.807, 2.05) is 26.0 Å².